The van der Waals surface area contributed by atoms with Gasteiger partial charge in [0.15, 0.2) is 11.5 Å². The van der Waals surface area contributed by atoms with E-state index >= 15 is 0 Å². The Morgan fingerprint density at radius 3 is 2.40 bits per heavy atom. The van der Waals surface area contributed by atoms with E-state index in [4.69, 9.17) is 25.8 Å². The van der Waals surface area contributed by atoms with Gasteiger partial charge in [-0.05, 0) is 56.0 Å². The summed E-state index contributed by atoms with van der Waals surface area (Å²) in [5.41, 5.74) is 1.09. The Morgan fingerprint density at radius 1 is 1.07 bits per heavy atom. The number of ether oxygens (including phenoxy) is 3. The second kappa shape index (κ2) is 11.2. The van der Waals surface area contributed by atoms with Crippen LogP contribution in [0.1, 0.15) is 38.2 Å². The molecule has 3 rings (SSSR count). The Hall–Kier alpha value is -2.24. The molecule has 2 aromatic carbocycles. The third-order valence-corrected chi connectivity index (χ3v) is 5.74. The quantitative estimate of drug-likeness (QED) is 0.551. The minimum Gasteiger partial charge on any atom is -0.490 e. The molecule has 0 bridgehead atoms. The summed E-state index contributed by atoms with van der Waals surface area (Å²) in [6.45, 7) is 5.00. The predicted octanol–water partition coefficient (Wildman–Crippen LogP) is 4.76. The Balaban J connectivity index is 1.47. The van der Waals surface area contributed by atoms with Crippen molar-refractivity contribution in [3.63, 3.8) is 0 Å². The lowest BCUT2D eigenvalue weighted by Gasteiger charge is -2.38. The van der Waals surface area contributed by atoms with Crippen LogP contribution in [0.4, 0.5) is 0 Å². The van der Waals surface area contributed by atoms with E-state index in [1.165, 1.54) is 5.56 Å². The fraction of sp³-hybridized carbons (Fsp3) is 0.458. The average molecular weight is 432 g/mol. The maximum atomic E-state index is 12.5. The van der Waals surface area contributed by atoms with Crippen molar-refractivity contribution in [3.05, 3.63) is 59.1 Å². The maximum absolute atomic E-state index is 12.5. The zero-order chi connectivity index (χ0) is 21.2. The smallest absolute Gasteiger partial charge is 0.220 e. The molecule has 1 aliphatic heterocycles. The van der Waals surface area contributed by atoms with Gasteiger partial charge in [-0.25, -0.2) is 0 Å². The van der Waals surface area contributed by atoms with Crippen LogP contribution < -0.4 is 14.8 Å². The van der Waals surface area contributed by atoms with Gasteiger partial charge in [-0.1, -0.05) is 35.9 Å². The third kappa shape index (κ3) is 6.13. The molecule has 0 atom stereocenters. The molecule has 6 heteroatoms. The lowest BCUT2D eigenvalue weighted by molar-refractivity contribution is -0.121. The molecule has 1 fully saturated rings. The first kappa shape index (κ1) is 22.4. The van der Waals surface area contributed by atoms with Crippen LogP contribution in [0.5, 0.6) is 11.5 Å². The highest BCUT2D eigenvalue weighted by atomic mass is 35.5. The van der Waals surface area contributed by atoms with Gasteiger partial charge in [-0.15, -0.1) is 0 Å². The minimum absolute atomic E-state index is 0.0384. The number of benzene rings is 2. The van der Waals surface area contributed by atoms with E-state index in [0.29, 0.717) is 51.6 Å². The van der Waals surface area contributed by atoms with Gasteiger partial charge >= 0.3 is 0 Å². The van der Waals surface area contributed by atoms with Crippen LogP contribution in [0.15, 0.2) is 48.5 Å². The van der Waals surface area contributed by atoms with Crippen molar-refractivity contribution in [3.8, 4) is 11.5 Å². The van der Waals surface area contributed by atoms with Gasteiger partial charge in [-0.3, -0.25) is 4.79 Å². The summed E-state index contributed by atoms with van der Waals surface area (Å²) < 4.78 is 16.9. The molecule has 1 saturated heterocycles. The monoisotopic (exact) mass is 431 g/mol. The van der Waals surface area contributed by atoms with Gasteiger partial charge in [-0.2, -0.15) is 0 Å². The van der Waals surface area contributed by atoms with Gasteiger partial charge in [0, 0.05) is 36.6 Å². The zero-order valence-electron chi connectivity index (χ0n) is 17.5. The molecule has 0 saturated carbocycles. The fourth-order valence-electron chi connectivity index (χ4n) is 3.75. The first-order valence-electron chi connectivity index (χ1n) is 10.6. The van der Waals surface area contributed by atoms with Crippen LogP contribution in [-0.2, 0) is 14.9 Å². The summed E-state index contributed by atoms with van der Waals surface area (Å²) in [4.78, 5) is 12.5. The van der Waals surface area contributed by atoms with Crippen molar-refractivity contribution in [1.29, 1.82) is 0 Å². The molecular formula is C24H30ClNO4. The number of nitrogens with one attached hydrogen (secondary N) is 1. The van der Waals surface area contributed by atoms with E-state index in [2.05, 4.69) is 17.4 Å². The molecule has 1 N–H and O–H groups in total. The minimum atomic E-state index is -0.106. The van der Waals surface area contributed by atoms with Gasteiger partial charge in [0.25, 0.3) is 0 Å². The van der Waals surface area contributed by atoms with Crippen LogP contribution in [-0.4, -0.2) is 38.9 Å². The molecule has 0 spiro atoms. The summed E-state index contributed by atoms with van der Waals surface area (Å²) in [6, 6.07) is 15.5. The van der Waals surface area contributed by atoms with Crippen molar-refractivity contribution in [2.24, 2.45) is 0 Å². The summed E-state index contributed by atoms with van der Waals surface area (Å²) in [6.07, 6.45) is 2.83. The van der Waals surface area contributed by atoms with Crippen molar-refractivity contribution in [2.75, 3.05) is 33.0 Å². The van der Waals surface area contributed by atoms with E-state index in [0.717, 1.165) is 23.6 Å². The van der Waals surface area contributed by atoms with E-state index in [9.17, 15) is 4.79 Å². The maximum Gasteiger partial charge on any atom is 0.220 e. The van der Waals surface area contributed by atoms with E-state index < -0.39 is 0 Å². The van der Waals surface area contributed by atoms with Gasteiger partial charge in [0.1, 0.15) is 0 Å². The Morgan fingerprint density at radius 2 is 1.73 bits per heavy atom. The second-order valence-corrected chi connectivity index (χ2v) is 7.94. The summed E-state index contributed by atoms with van der Waals surface area (Å²) in [7, 11) is 0. The van der Waals surface area contributed by atoms with E-state index in [1.54, 1.807) is 0 Å². The van der Waals surface area contributed by atoms with Crippen molar-refractivity contribution >= 4 is 17.5 Å². The molecule has 1 heterocycles. The van der Waals surface area contributed by atoms with Crippen molar-refractivity contribution in [2.45, 2.75) is 38.0 Å². The van der Waals surface area contributed by atoms with Crippen molar-refractivity contribution < 1.29 is 19.0 Å². The standard InChI is InChI=1S/C24H30ClNO4/c1-2-29-21-6-3-4-7-22(21)30-15-5-8-23(27)26-18-24(13-16-28-17-14-24)19-9-11-20(25)12-10-19/h3-4,6-7,9-12H,2,5,8,13-18H2,1H3,(H,26,27). The zero-order valence-corrected chi connectivity index (χ0v) is 18.2. The molecule has 30 heavy (non-hydrogen) atoms. The molecule has 0 aromatic heterocycles. The number of rotatable bonds is 10. The van der Waals surface area contributed by atoms with Crippen LogP contribution in [0.25, 0.3) is 0 Å². The number of hydrogen-bond acceptors (Lipinski definition) is 4. The summed E-state index contributed by atoms with van der Waals surface area (Å²) >= 11 is 6.05. The average Bonchev–Trinajstić information content (AvgIpc) is 2.77. The highest BCUT2D eigenvalue weighted by Crippen LogP contribution is 2.35. The third-order valence-electron chi connectivity index (χ3n) is 5.49. The lowest BCUT2D eigenvalue weighted by Crippen LogP contribution is -2.44. The molecule has 162 valence electrons. The first-order valence-corrected chi connectivity index (χ1v) is 11.0. The Labute approximate surface area is 183 Å². The highest BCUT2D eigenvalue weighted by Gasteiger charge is 2.34. The normalized spacial score (nSPS) is 15.4. The topological polar surface area (TPSA) is 56.8 Å². The molecule has 1 aliphatic rings. The number of carbonyl (C=O) groups excluding carboxylic acids is 1. The van der Waals surface area contributed by atoms with Crippen molar-refractivity contribution in [1.82, 2.24) is 5.32 Å². The van der Waals surface area contributed by atoms with Gasteiger partial charge in [0.2, 0.25) is 5.91 Å². The largest absolute Gasteiger partial charge is 0.490 e. The van der Waals surface area contributed by atoms with Crippen LogP contribution >= 0.6 is 11.6 Å². The Bertz CT molecular complexity index is 803. The number of carbonyl (C=O) groups is 1. The molecule has 5 nitrogen and oxygen atoms in total. The molecule has 1 amide bonds. The molecule has 2 aromatic rings. The number of hydrogen-bond donors (Lipinski definition) is 1. The van der Waals surface area contributed by atoms with Gasteiger partial charge < -0.3 is 19.5 Å². The number of amides is 1. The summed E-state index contributed by atoms with van der Waals surface area (Å²) in [5.74, 6) is 1.48. The fourth-order valence-corrected chi connectivity index (χ4v) is 3.87. The number of halogens is 1. The first-order chi connectivity index (χ1) is 14.6. The molecular weight excluding hydrogens is 402 g/mol. The molecule has 0 unspecified atom stereocenters. The van der Waals surface area contributed by atoms with Crippen LogP contribution in [0.2, 0.25) is 5.02 Å². The second-order valence-electron chi connectivity index (χ2n) is 7.51. The molecule has 0 aliphatic carbocycles. The van der Waals surface area contributed by atoms with Crippen LogP contribution in [0, 0.1) is 0 Å². The highest BCUT2D eigenvalue weighted by molar-refractivity contribution is 6.30. The van der Waals surface area contributed by atoms with Gasteiger partial charge in [0.05, 0.1) is 13.2 Å². The predicted molar refractivity (Wildman–Crippen MR) is 119 cm³/mol. The lowest BCUT2D eigenvalue weighted by atomic mass is 9.74. The molecule has 0 radical (unpaired) electrons. The summed E-state index contributed by atoms with van der Waals surface area (Å²) in [5, 5.41) is 3.85. The van der Waals surface area contributed by atoms with E-state index in [1.807, 2.05) is 43.3 Å². The van der Waals surface area contributed by atoms with E-state index in [-0.39, 0.29) is 11.3 Å². The SMILES string of the molecule is CCOc1ccccc1OCCCC(=O)NCC1(c2ccc(Cl)cc2)CCOCC1. The van der Waals surface area contributed by atoms with Crippen LogP contribution in [0.3, 0.4) is 0 Å². The number of para-hydroxylation sites is 2. The Kier molecular flexibility index (Phi) is 8.40.